The molecule has 4 heteroatoms. The first-order valence-corrected chi connectivity index (χ1v) is 6.57. The molecule has 0 spiro atoms. The highest BCUT2D eigenvalue weighted by Crippen LogP contribution is 2.20. The lowest BCUT2D eigenvalue weighted by Gasteiger charge is -2.12. The summed E-state index contributed by atoms with van der Waals surface area (Å²) >= 11 is 0. The lowest BCUT2D eigenvalue weighted by atomic mass is 10.1. The van der Waals surface area contributed by atoms with Gasteiger partial charge in [0.1, 0.15) is 0 Å². The molecule has 1 aromatic carbocycles. The first-order valence-electron chi connectivity index (χ1n) is 5.02. The van der Waals surface area contributed by atoms with E-state index in [9.17, 15) is 8.42 Å². The van der Waals surface area contributed by atoms with Gasteiger partial charge in [-0.3, -0.25) is 0 Å². The molecule has 0 aliphatic rings. The van der Waals surface area contributed by atoms with Crippen molar-refractivity contribution in [3.63, 3.8) is 0 Å². The molecule has 0 bridgehead atoms. The standard InChI is InChI=1S/C11H17NO2S/c1-4-10-5-7-11(8-6-10)9(2)15(13,14)12-3/h5-9,12H,4H2,1-3H3. The van der Waals surface area contributed by atoms with Crippen molar-refractivity contribution in [1.82, 2.24) is 4.72 Å². The summed E-state index contributed by atoms with van der Waals surface area (Å²) in [5.74, 6) is 0. The molecule has 0 aliphatic carbocycles. The third-order valence-corrected chi connectivity index (χ3v) is 4.38. The van der Waals surface area contributed by atoms with Gasteiger partial charge >= 0.3 is 0 Å². The van der Waals surface area contributed by atoms with Gasteiger partial charge in [-0.15, -0.1) is 0 Å². The molecule has 1 unspecified atom stereocenters. The molecule has 1 aromatic rings. The van der Waals surface area contributed by atoms with Gasteiger partial charge in [0, 0.05) is 0 Å². The Morgan fingerprint density at radius 1 is 1.27 bits per heavy atom. The van der Waals surface area contributed by atoms with E-state index in [0.717, 1.165) is 12.0 Å². The minimum atomic E-state index is -3.22. The summed E-state index contributed by atoms with van der Waals surface area (Å²) in [6.07, 6.45) is 0.966. The van der Waals surface area contributed by atoms with Crippen LogP contribution in [-0.4, -0.2) is 15.5 Å². The van der Waals surface area contributed by atoms with Gasteiger partial charge in [0.05, 0.1) is 5.25 Å². The SMILES string of the molecule is CCc1ccc(C(C)S(=O)(=O)NC)cc1. The van der Waals surface area contributed by atoms with Crippen LogP contribution in [0.2, 0.25) is 0 Å². The van der Waals surface area contributed by atoms with Crippen LogP contribution in [0.3, 0.4) is 0 Å². The van der Waals surface area contributed by atoms with Crippen LogP contribution in [0.15, 0.2) is 24.3 Å². The number of aryl methyl sites for hydroxylation is 1. The quantitative estimate of drug-likeness (QED) is 0.853. The summed E-state index contributed by atoms with van der Waals surface area (Å²) in [6, 6.07) is 7.69. The van der Waals surface area contributed by atoms with Crippen molar-refractivity contribution in [3.8, 4) is 0 Å². The summed E-state index contributed by atoms with van der Waals surface area (Å²) in [5, 5.41) is -0.506. The van der Waals surface area contributed by atoms with Crippen LogP contribution >= 0.6 is 0 Å². The zero-order valence-corrected chi connectivity index (χ0v) is 10.1. The van der Waals surface area contributed by atoms with Crippen molar-refractivity contribution in [1.29, 1.82) is 0 Å². The molecule has 84 valence electrons. The van der Waals surface area contributed by atoms with Gasteiger partial charge in [0.2, 0.25) is 10.0 Å². The Balaban J connectivity index is 2.97. The Labute approximate surface area is 91.6 Å². The maximum Gasteiger partial charge on any atom is 0.218 e. The topological polar surface area (TPSA) is 46.2 Å². The predicted molar refractivity (Wildman–Crippen MR) is 62.2 cm³/mol. The number of sulfonamides is 1. The van der Waals surface area contributed by atoms with Crippen LogP contribution in [0.5, 0.6) is 0 Å². The first-order chi connectivity index (χ1) is 7.01. The largest absolute Gasteiger partial charge is 0.218 e. The van der Waals surface area contributed by atoms with E-state index in [1.807, 2.05) is 24.3 Å². The molecular weight excluding hydrogens is 210 g/mol. The third kappa shape index (κ3) is 2.79. The summed E-state index contributed by atoms with van der Waals surface area (Å²) in [4.78, 5) is 0. The van der Waals surface area contributed by atoms with Gasteiger partial charge in [0.15, 0.2) is 0 Å². The monoisotopic (exact) mass is 227 g/mol. The number of hydrogen-bond donors (Lipinski definition) is 1. The maximum atomic E-state index is 11.5. The van der Waals surface area contributed by atoms with E-state index in [1.165, 1.54) is 12.6 Å². The predicted octanol–water partition coefficient (Wildman–Crippen LogP) is 1.86. The van der Waals surface area contributed by atoms with E-state index in [2.05, 4.69) is 11.6 Å². The minimum Gasteiger partial charge on any atom is -0.218 e. The highest BCUT2D eigenvalue weighted by Gasteiger charge is 2.19. The number of hydrogen-bond acceptors (Lipinski definition) is 2. The Morgan fingerprint density at radius 3 is 2.20 bits per heavy atom. The van der Waals surface area contributed by atoms with E-state index in [-0.39, 0.29) is 0 Å². The third-order valence-electron chi connectivity index (χ3n) is 2.61. The molecule has 0 aromatic heterocycles. The summed E-state index contributed by atoms with van der Waals surface area (Å²) in [5.41, 5.74) is 2.04. The zero-order valence-electron chi connectivity index (χ0n) is 9.32. The van der Waals surface area contributed by atoms with Crippen molar-refractivity contribution >= 4 is 10.0 Å². The van der Waals surface area contributed by atoms with Crippen LogP contribution in [0, 0.1) is 0 Å². The highest BCUT2D eigenvalue weighted by atomic mass is 32.2. The second-order valence-electron chi connectivity index (χ2n) is 3.49. The Morgan fingerprint density at radius 2 is 1.80 bits per heavy atom. The van der Waals surface area contributed by atoms with E-state index < -0.39 is 15.3 Å². The van der Waals surface area contributed by atoms with Crippen LogP contribution in [0.25, 0.3) is 0 Å². The average molecular weight is 227 g/mol. The van der Waals surface area contributed by atoms with Gasteiger partial charge in [-0.05, 0) is 31.5 Å². The summed E-state index contributed by atoms with van der Waals surface area (Å²) in [6.45, 7) is 3.76. The second-order valence-corrected chi connectivity index (χ2v) is 5.69. The van der Waals surface area contributed by atoms with Gasteiger partial charge in [0.25, 0.3) is 0 Å². The zero-order chi connectivity index (χ0) is 11.5. The molecule has 0 aliphatic heterocycles. The van der Waals surface area contributed by atoms with Crippen LogP contribution in [-0.2, 0) is 16.4 Å². The van der Waals surface area contributed by atoms with Crippen molar-refractivity contribution in [2.24, 2.45) is 0 Å². The van der Waals surface area contributed by atoms with E-state index in [0.29, 0.717) is 0 Å². The van der Waals surface area contributed by atoms with Gasteiger partial charge in [-0.25, -0.2) is 13.1 Å². The average Bonchev–Trinajstić information content (AvgIpc) is 2.28. The highest BCUT2D eigenvalue weighted by molar-refractivity contribution is 7.89. The first kappa shape index (κ1) is 12.2. The fraction of sp³-hybridized carbons (Fsp3) is 0.455. The van der Waals surface area contributed by atoms with Crippen molar-refractivity contribution < 1.29 is 8.42 Å². The summed E-state index contributed by atoms with van der Waals surface area (Å²) in [7, 11) is -1.78. The van der Waals surface area contributed by atoms with Crippen LogP contribution in [0.4, 0.5) is 0 Å². The lowest BCUT2D eigenvalue weighted by Crippen LogP contribution is -2.24. The van der Waals surface area contributed by atoms with Crippen molar-refractivity contribution in [3.05, 3.63) is 35.4 Å². The van der Waals surface area contributed by atoms with E-state index in [1.54, 1.807) is 6.92 Å². The second kappa shape index (κ2) is 4.77. The molecule has 1 N–H and O–H groups in total. The number of nitrogens with one attached hydrogen (secondary N) is 1. The summed E-state index contributed by atoms with van der Waals surface area (Å²) < 4.78 is 25.4. The maximum absolute atomic E-state index is 11.5. The molecule has 1 rings (SSSR count). The fourth-order valence-corrected chi connectivity index (χ4v) is 2.25. The molecule has 0 fully saturated rings. The minimum absolute atomic E-state index is 0.506. The van der Waals surface area contributed by atoms with E-state index in [4.69, 9.17) is 0 Å². The molecule has 3 nitrogen and oxygen atoms in total. The van der Waals surface area contributed by atoms with Crippen LogP contribution in [0.1, 0.15) is 30.2 Å². The van der Waals surface area contributed by atoms with Gasteiger partial charge < -0.3 is 0 Å². The van der Waals surface area contributed by atoms with Gasteiger partial charge in [-0.2, -0.15) is 0 Å². The Kier molecular flexibility index (Phi) is 3.88. The molecular formula is C11H17NO2S. The number of rotatable bonds is 4. The normalized spacial score (nSPS) is 13.8. The molecule has 15 heavy (non-hydrogen) atoms. The van der Waals surface area contributed by atoms with Crippen LogP contribution < -0.4 is 4.72 Å². The molecule has 0 saturated carbocycles. The molecule has 0 saturated heterocycles. The number of benzene rings is 1. The molecule has 0 heterocycles. The van der Waals surface area contributed by atoms with Gasteiger partial charge in [-0.1, -0.05) is 31.2 Å². The molecule has 1 atom stereocenters. The molecule has 0 radical (unpaired) electrons. The lowest BCUT2D eigenvalue weighted by molar-refractivity contribution is 0.578. The molecule has 0 amide bonds. The smallest absolute Gasteiger partial charge is 0.218 e. The Bertz CT molecular complexity index is 409. The fourth-order valence-electron chi connectivity index (χ4n) is 1.38. The van der Waals surface area contributed by atoms with Crippen molar-refractivity contribution in [2.45, 2.75) is 25.5 Å². The Hall–Kier alpha value is -0.870. The van der Waals surface area contributed by atoms with E-state index >= 15 is 0 Å². The van der Waals surface area contributed by atoms with Crippen molar-refractivity contribution in [2.75, 3.05) is 7.05 Å².